The topological polar surface area (TPSA) is 3.24 Å². The first-order chi connectivity index (χ1) is 5.27. The van der Waals surface area contributed by atoms with Gasteiger partial charge in [0.2, 0.25) is 0 Å². The minimum absolute atomic E-state index is 0.693. The summed E-state index contributed by atoms with van der Waals surface area (Å²) in [6.45, 7) is 3.44. The number of nitrogens with zero attached hydrogens (tertiary/aromatic N) is 1. The van der Waals surface area contributed by atoms with E-state index in [1.807, 2.05) is 0 Å². The molecule has 1 heterocycles. The van der Waals surface area contributed by atoms with Gasteiger partial charge in [0.25, 0.3) is 0 Å². The molecule has 0 radical (unpaired) electrons. The summed E-state index contributed by atoms with van der Waals surface area (Å²) in [5.74, 6) is 0.796. The van der Waals surface area contributed by atoms with Crippen LogP contribution in [0.4, 0.5) is 0 Å². The van der Waals surface area contributed by atoms with Crippen molar-refractivity contribution in [2.45, 2.75) is 19.4 Å². The van der Waals surface area contributed by atoms with Gasteiger partial charge in [0.15, 0.2) is 0 Å². The van der Waals surface area contributed by atoms with Crippen LogP contribution in [-0.2, 0) is 0 Å². The highest BCUT2D eigenvalue weighted by Crippen LogP contribution is 2.29. The maximum absolute atomic E-state index is 2.43. The number of hydrogen-bond acceptors (Lipinski definition) is 1. The molecule has 0 aromatic heterocycles. The summed E-state index contributed by atoms with van der Waals surface area (Å²) in [5, 5.41) is 0. The van der Waals surface area contributed by atoms with E-state index in [0.29, 0.717) is 6.04 Å². The second-order valence-electron chi connectivity index (χ2n) is 3.69. The van der Waals surface area contributed by atoms with Crippen LogP contribution < -0.4 is 0 Å². The molecule has 0 aromatic carbocycles. The van der Waals surface area contributed by atoms with Gasteiger partial charge < -0.3 is 0 Å². The number of likely N-dealkylation sites (N-methyl/N-ethyl adjacent to an activating group) is 1. The Morgan fingerprint density at radius 1 is 1.55 bits per heavy atom. The van der Waals surface area contributed by atoms with Crippen molar-refractivity contribution in [2.24, 2.45) is 5.92 Å². The lowest BCUT2D eigenvalue weighted by atomic mass is 9.93. The zero-order valence-electron chi connectivity index (χ0n) is 7.25. The van der Waals surface area contributed by atoms with Crippen molar-refractivity contribution in [3.05, 3.63) is 23.8 Å². The Morgan fingerprint density at radius 3 is 3.18 bits per heavy atom. The third-order valence-electron chi connectivity index (χ3n) is 2.80. The molecule has 1 saturated heterocycles. The van der Waals surface area contributed by atoms with Gasteiger partial charge in [0, 0.05) is 6.04 Å². The van der Waals surface area contributed by atoms with Crippen LogP contribution in [0, 0.1) is 5.92 Å². The molecule has 1 aliphatic carbocycles. The normalized spacial score (nSPS) is 37.1. The molecular formula is C10H15N. The first-order valence-electron chi connectivity index (χ1n) is 4.34. The Morgan fingerprint density at radius 2 is 2.36 bits per heavy atom. The summed E-state index contributed by atoms with van der Waals surface area (Å²) < 4.78 is 0. The predicted molar refractivity (Wildman–Crippen MR) is 47.4 cm³/mol. The highest BCUT2D eigenvalue weighted by Gasteiger charge is 2.29. The van der Waals surface area contributed by atoms with Gasteiger partial charge in [-0.05, 0) is 32.9 Å². The molecule has 1 fully saturated rings. The van der Waals surface area contributed by atoms with Gasteiger partial charge in [0.1, 0.15) is 0 Å². The molecule has 1 nitrogen and oxygen atoms in total. The zero-order chi connectivity index (χ0) is 7.84. The van der Waals surface area contributed by atoms with Crippen LogP contribution in [0.5, 0.6) is 0 Å². The van der Waals surface area contributed by atoms with Crippen molar-refractivity contribution in [2.75, 3.05) is 13.6 Å². The monoisotopic (exact) mass is 149 g/mol. The minimum atomic E-state index is 0.693. The summed E-state index contributed by atoms with van der Waals surface area (Å²) in [6.07, 6.45) is 8.33. The molecule has 60 valence electrons. The SMILES string of the molecule is CC1=CC2CCN(C)C2C=C1. The first kappa shape index (κ1) is 7.11. The van der Waals surface area contributed by atoms with E-state index in [-0.39, 0.29) is 0 Å². The maximum Gasteiger partial charge on any atom is 0.0341 e. The quantitative estimate of drug-likeness (QED) is 0.508. The van der Waals surface area contributed by atoms with Crippen molar-refractivity contribution in [1.82, 2.24) is 4.90 Å². The Bertz CT molecular complexity index is 215. The average molecular weight is 149 g/mol. The molecule has 0 spiro atoms. The Kier molecular flexibility index (Phi) is 1.61. The lowest BCUT2D eigenvalue weighted by Gasteiger charge is -2.22. The number of likely N-dealkylation sites (tertiary alicyclic amines) is 1. The largest absolute Gasteiger partial charge is 0.299 e. The van der Waals surface area contributed by atoms with E-state index >= 15 is 0 Å². The molecule has 2 rings (SSSR count). The van der Waals surface area contributed by atoms with E-state index < -0.39 is 0 Å². The third-order valence-corrected chi connectivity index (χ3v) is 2.80. The predicted octanol–water partition coefficient (Wildman–Crippen LogP) is 1.82. The van der Waals surface area contributed by atoms with E-state index in [1.165, 1.54) is 18.5 Å². The van der Waals surface area contributed by atoms with Gasteiger partial charge in [-0.3, -0.25) is 4.90 Å². The van der Waals surface area contributed by atoms with E-state index in [2.05, 4.69) is 37.1 Å². The molecule has 0 N–H and O–H groups in total. The van der Waals surface area contributed by atoms with Crippen LogP contribution in [0.15, 0.2) is 23.8 Å². The van der Waals surface area contributed by atoms with Gasteiger partial charge in [0.05, 0.1) is 0 Å². The number of rotatable bonds is 0. The van der Waals surface area contributed by atoms with Gasteiger partial charge >= 0.3 is 0 Å². The standard InChI is InChI=1S/C10H15N/c1-8-3-4-10-9(7-8)5-6-11(10)2/h3-4,7,9-10H,5-6H2,1-2H3. The lowest BCUT2D eigenvalue weighted by Crippen LogP contribution is -2.27. The van der Waals surface area contributed by atoms with Crippen LogP contribution in [0.1, 0.15) is 13.3 Å². The lowest BCUT2D eigenvalue weighted by molar-refractivity contribution is 0.338. The average Bonchev–Trinajstić information content (AvgIpc) is 2.32. The van der Waals surface area contributed by atoms with Crippen LogP contribution in [0.3, 0.4) is 0 Å². The fraction of sp³-hybridized carbons (Fsp3) is 0.600. The molecule has 2 unspecified atom stereocenters. The number of fused-ring (bicyclic) bond motifs is 1. The second-order valence-corrected chi connectivity index (χ2v) is 3.69. The third kappa shape index (κ3) is 1.14. The fourth-order valence-electron chi connectivity index (χ4n) is 2.11. The van der Waals surface area contributed by atoms with Crippen molar-refractivity contribution in [3.8, 4) is 0 Å². The molecule has 2 aliphatic rings. The van der Waals surface area contributed by atoms with Crippen LogP contribution in [-0.4, -0.2) is 24.5 Å². The Labute approximate surface area is 68.4 Å². The van der Waals surface area contributed by atoms with Crippen molar-refractivity contribution >= 4 is 0 Å². The zero-order valence-corrected chi connectivity index (χ0v) is 7.25. The van der Waals surface area contributed by atoms with E-state index in [4.69, 9.17) is 0 Å². The van der Waals surface area contributed by atoms with Crippen molar-refractivity contribution < 1.29 is 0 Å². The van der Waals surface area contributed by atoms with Gasteiger partial charge in [-0.1, -0.05) is 23.8 Å². The highest BCUT2D eigenvalue weighted by atomic mass is 15.1. The van der Waals surface area contributed by atoms with Gasteiger partial charge in [-0.2, -0.15) is 0 Å². The first-order valence-corrected chi connectivity index (χ1v) is 4.34. The molecule has 1 aliphatic heterocycles. The summed E-state index contributed by atoms with van der Waals surface area (Å²) >= 11 is 0. The van der Waals surface area contributed by atoms with Gasteiger partial charge in [-0.25, -0.2) is 0 Å². The molecule has 2 atom stereocenters. The molecule has 0 bridgehead atoms. The van der Waals surface area contributed by atoms with Crippen LogP contribution in [0.2, 0.25) is 0 Å². The van der Waals surface area contributed by atoms with Crippen LogP contribution in [0.25, 0.3) is 0 Å². The molecule has 1 heteroatoms. The minimum Gasteiger partial charge on any atom is -0.299 e. The maximum atomic E-state index is 2.43. The fourth-order valence-corrected chi connectivity index (χ4v) is 2.11. The molecule has 11 heavy (non-hydrogen) atoms. The Hall–Kier alpha value is -0.560. The highest BCUT2D eigenvalue weighted by molar-refractivity contribution is 5.26. The second kappa shape index (κ2) is 2.49. The summed E-state index contributed by atoms with van der Waals surface area (Å²) in [6, 6.07) is 0.693. The summed E-state index contributed by atoms with van der Waals surface area (Å²) in [7, 11) is 2.21. The van der Waals surface area contributed by atoms with Gasteiger partial charge in [-0.15, -0.1) is 0 Å². The number of hydrogen-bond donors (Lipinski definition) is 0. The van der Waals surface area contributed by atoms with Crippen molar-refractivity contribution in [3.63, 3.8) is 0 Å². The van der Waals surface area contributed by atoms with E-state index in [9.17, 15) is 0 Å². The summed E-state index contributed by atoms with van der Waals surface area (Å²) in [4.78, 5) is 2.43. The Balaban J connectivity index is 2.21. The van der Waals surface area contributed by atoms with E-state index in [1.54, 1.807) is 0 Å². The summed E-state index contributed by atoms with van der Waals surface area (Å²) in [5.41, 5.74) is 1.43. The van der Waals surface area contributed by atoms with Crippen molar-refractivity contribution in [1.29, 1.82) is 0 Å². The number of allylic oxidation sites excluding steroid dienone is 2. The molecule has 0 amide bonds. The van der Waals surface area contributed by atoms with E-state index in [0.717, 1.165) is 5.92 Å². The molecular weight excluding hydrogens is 134 g/mol. The smallest absolute Gasteiger partial charge is 0.0341 e. The molecule has 0 aromatic rings. The molecule has 0 saturated carbocycles. The van der Waals surface area contributed by atoms with Crippen LogP contribution >= 0.6 is 0 Å².